The maximum Gasteiger partial charge on any atom is 0.246 e. The van der Waals surface area contributed by atoms with Gasteiger partial charge in [0.05, 0.1) is 0 Å². The van der Waals surface area contributed by atoms with Crippen molar-refractivity contribution in [1.29, 1.82) is 0 Å². The molecule has 0 spiro atoms. The number of halogens is 1. The molecule has 4 heteroatoms. The molecule has 0 aromatic heterocycles. The van der Waals surface area contributed by atoms with Gasteiger partial charge in [0.25, 0.3) is 0 Å². The van der Waals surface area contributed by atoms with Crippen LogP contribution in [0, 0.1) is 0 Å². The lowest BCUT2D eigenvalue weighted by Gasteiger charge is -2.12. The molecule has 0 bridgehead atoms. The Morgan fingerprint density at radius 3 is 2.86 bits per heavy atom. The summed E-state index contributed by atoms with van der Waals surface area (Å²) in [6, 6.07) is 0.187. The molecule has 1 atom stereocenters. The van der Waals surface area contributed by atoms with E-state index in [-0.39, 0.29) is 18.6 Å². The van der Waals surface area contributed by atoms with Crippen molar-refractivity contribution >= 4 is 17.5 Å². The number of amides is 1. The number of carbonyl (C=O) groups is 1. The first-order valence-corrected chi connectivity index (χ1v) is 5.67. The lowest BCUT2D eigenvalue weighted by Crippen LogP contribution is -2.35. The molecule has 1 unspecified atom stereocenters. The Hall–Kier alpha value is -0.280. The lowest BCUT2D eigenvalue weighted by molar-refractivity contribution is -0.126. The highest BCUT2D eigenvalue weighted by Gasteiger charge is 2.06. The van der Waals surface area contributed by atoms with Gasteiger partial charge in [0.2, 0.25) is 5.91 Å². The molecule has 0 rings (SSSR count). The molecule has 84 valence electrons. The maximum atomic E-state index is 11.2. The van der Waals surface area contributed by atoms with E-state index in [4.69, 9.17) is 16.3 Å². The van der Waals surface area contributed by atoms with Gasteiger partial charge in [0, 0.05) is 18.5 Å². The summed E-state index contributed by atoms with van der Waals surface area (Å²) in [5.74, 6) is 0.604. The zero-order chi connectivity index (χ0) is 10.8. The van der Waals surface area contributed by atoms with Crippen LogP contribution in [0.5, 0.6) is 0 Å². The Labute approximate surface area is 91.2 Å². The second-order valence-electron chi connectivity index (χ2n) is 3.35. The van der Waals surface area contributed by atoms with Gasteiger partial charge >= 0.3 is 0 Å². The van der Waals surface area contributed by atoms with Crippen LogP contribution in [0.2, 0.25) is 0 Å². The van der Waals surface area contributed by atoms with Crippen molar-refractivity contribution in [3.8, 4) is 0 Å². The van der Waals surface area contributed by atoms with Crippen molar-refractivity contribution in [2.24, 2.45) is 0 Å². The summed E-state index contributed by atoms with van der Waals surface area (Å²) in [4.78, 5) is 11.2. The van der Waals surface area contributed by atoms with Gasteiger partial charge < -0.3 is 10.1 Å². The molecule has 0 radical (unpaired) electrons. The first kappa shape index (κ1) is 13.7. The van der Waals surface area contributed by atoms with Crippen molar-refractivity contribution in [1.82, 2.24) is 5.32 Å². The Morgan fingerprint density at radius 1 is 1.57 bits per heavy atom. The molecule has 1 amide bonds. The minimum Gasteiger partial charge on any atom is -0.372 e. The quantitative estimate of drug-likeness (QED) is 0.503. The van der Waals surface area contributed by atoms with Crippen LogP contribution < -0.4 is 5.32 Å². The van der Waals surface area contributed by atoms with Gasteiger partial charge in [-0.05, 0) is 26.2 Å². The van der Waals surface area contributed by atoms with Crippen molar-refractivity contribution in [2.45, 2.75) is 39.2 Å². The molecular formula is C10H20ClNO2. The third-order valence-corrected chi connectivity index (χ3v) is 2.03. The first-order valence-electron chi connectivity index (χ1n) is 5.13. The number of nitrogens with one attached hydrogen (secondary N) is 1. The van der Waals surface area contributed by atoms with Gasteiger partial charge in [0.15, 0.2) is 0 Å². The SMILES string of the molecule is CCCOCC(=O)NC(C)CCCCl. The monoisotopic (exact) mass is 221 g/mol. The molecule has 0 heterocycles. The third-order valence-electron chi connectivity index (χ3n) is 1.76. The van der Waals surface area contributed by atoms with E-state index in [0.717, 1.165) is 19.3 Å². The molecule has 0 aromatic rings. The molecule has 1 N–H and O–H groups in total. The topological polar surface area (TPSA) is 38.3 Å². The first-order chi connectivity index (χ1) is 6.70. The summed E-state index contributed by atoms with van der Waals surface area (Å²) in [5.41, 5.74) is 0. The number of hydrogen-bond acceptors (Lipinski definition) is 2. The Kier molecular flexibility index (Phi) is 9.10. The number of hydrogen-bond donors (Lipinski definition) is 1. The molecule has 3 nitrogen and oxygen atoms in total. The largest absolute Gasteiger partial charge is 0.372 e. The molecule has 0 aliphatic heterocycles. The zero-order valence-electron chi connectivity index (χ0n) is 9.01. The van der Waals surface area contributed by atoms with Crippen molar-refractivity contribution in [3.63, 3.8) is 0 Å². The van der Waals surface area contributed by atoms with E-state index in [1.54, 1.807) is 0 Å². The standard InChI is InChI=1S/C10H20ClNO2/c1-3-7-14-8-10(13)12-9(2)5-4-6-11/h9H,3-8H2,1-2H3,(H,12,13). The Balaban J connectivity index is 3.40. The van der Waals surface area contributed by atoms with Crippen LogP contribution in [0.25, 0.3) is 0 Å². The normalized spacial score (nSPS) is 12.5. The molecule has 0 fully saturated rings. The molecule has 14 heavy (non-hydrogen) atoms. The van der Waals surface area contributed by atoms with Crippen molar-refractivity contribution in [2.75, 3.05) is 19.1 Å². The van der Waals surface area contributed by atoms with Gasteiger partial charge in [-0.3, -0.25) is 4.79 Å². The Bertz CT molecular complexity index is 153. The zero-order valence-corrected chi connectivity index (χ0v) is 9.77. The van der Waals surface area contributed by atoms with E-state index < -0.39 is 0 Å². The van der Waals surface area contributed by atoms with Crippen LogP contribution in [-0.2, 0) is 9.53 Å². The molecule has 0 saturated carbocycles. The summed E-state index contributed by atoms with van der Waals surface area (Å²) in [6.07, 6.45) is 2.79. The van der Waals surface area contributed by atoms with E-state index in [2.05, 4.69) is 5.32 Å². The minimum absolute atomic E-state index is 0.0412. The van der Waals surface area contributed by atoms with E-state index in [9.17, 15) is 4.79 Å². The van der Waals surface area contributed by atoms with Crippen LogP contribution >= 0.6 is 11.6 Å². The minimum atomic E-state index is -0.0412. The molecule has 0 aliphatic rings. The fraction of sp³-hybridized carbons (Fsp3) is 0.900. The highest BCUT2D eigenvalue weighted by Crippen LogP contribution is 1.97. The highest BCUT2D eigenvalue weighted by atomic mass is 35.5. The number of alkyl halides is 1. The average Bonchev–Trinajstić information content (AvgIpc) is 2.15. The van der Waals surface area contributed by atoms with Gasteiger partial charge in [-0.1, -0.05) is 6.92 Å². The van der Waals surface area contributed by atoms with Crippen LogP contribution in [-0.4, -0.2) is 31.0 Å². The predicted octanol–water partition coefficient (Wildman–Crippen LogP) is 1.94. The highest BCUT2D eigenvalue weighted by molar-refractivity contribution is 6.17. The van der Waals surface area contributed by atoms with E-state index in [1.165, 1.54) is 0 Å². The van der Waals surface area contributed by atoms with Crippen molar-refractivity contribution in [3.05, 3.63) is 0 Å². The van der Waals surface area contributed by atoms with E-state index in [0.29, 0.717) is 12.5 Å². The number of ether oxygens (including phenoxy) is 1. The van der Waals surface area contributed by atoms with Gasteiger partial charge in [-0.25, -0.2) is 0 Å². The summed E-state index contributed by atoms with van der Waals surface area (Å²) in [6.45, 7) is 4.80. The van der Waals surface area contributed by atoms with Gasteiger partial charge in [-0.2, -0.15) is 0 Å². The van der Waals surface area contributed by atoms with E-state index in [1.807, 2.05) is 13.8 Å². The van der Waals surface area contributed by atoms with Gasteiger partial charge in [0.1, 0.15) is 6.61 Å². The molecule has 0 aromatic carbocycles. The summed E-state index contributed by atoms with van der Waals surface area (Å²) in [7, 11) is 0. The fourth-order valence-corrected chi connectivity index (χ4v) is 1.24. The second-order valence-corrected chi connectivity index (χ2v) is 3.73. The summed E-state index contributed by atoms with van der Waals surface area (Å²) >= 11 is 5.55. The summed E-state index contributed by atoms with van der Waals surface area (Å²) in [5, 5.41) is 2.85. The molecule has 0 saturated heterocycles. The third kappa shape index (κ3) is 8.32. The van der Waals surface area contributed by atoms with Crippen molar-refractivity contribution < 1.29 is 9.53 Å². The predicted molar refractivity (Wildman–Crippen MR) is 58.7 cm³/mol. The fourth-order valence-electron chi connectivity index (χ4n) is 1.08. The second kappa shape index (κ2) is 9.28. The maximum absolute atomic E-state index is 11.2. The van der Waals surface area contributed by atoms with Crippen LogP contribution in [0.4, 0.5) is 0 Å². The molecular weight excluding hydrogens is 202 g/mol. The summed E-state index contributed by atoms with van der Waals surface area (Å²) < 4.78 is 5.11. The Morgan fingerprint density at radius 2 is 2.29 bits per heavy atom. The smallest absolute Gasteiger partial charge is 0.246 e. The lowest BCUT2D eigenvalue weighted by atomic mass is 10.2. The van der Waals surface area contributed by atoms with Crippen LogP contribution in [0.3, 0.4) is 0 Å². The van der Waals surface area contributed by atoms with Gasteiger partial charge in [-0.15, -0.1) is 11.6 Å². The van der Waals surface area contributed by atoms with Crippen LogP contribution in [0.1, 0.15) is 33.1 Å². The van der Waals surface area contributed by atoms with Crippen LogP contribution in [0.15, 0.2) is 0 Å². The van der Waals surface area contributed by atoms with E-state index >= 15 is 0 Å². The molecule has 0 aliphatic carbocycles. The average molecular weight is 222 g/mol. The number of rotatable bonds is 8. The number of carbonyl (C=O) groups excluding carboxylic acids is 1.